The molecule has 0 spiro atoms. The number of hydrogen-bond acceptors (Lipinski definition) is 3. The van der Waals surface area contributed by atoms with Crippen LogP contribution in [0.3, 0.4) is 0 Å². The van der Waals surface area contributed by atoms with E-state index in [9.17, 15) is 14.0 Å². The lowest BCUT2D eigenvalue weighted by molar-refractivity contribution is -0.120. The molecule has 0 saturated carbocycles. The fraction of sp³-hybridized carbons (Fsp3) is 0.0833. The Hall–Kier alpha value is -3.73. The largest absolute Gasteiger partial charge is 0.350 e. The smallest absolute Gasteiger partial charge is 0.282 e. The molecule has 0 radical (unpaired) electrons. The van der Waals surface area contributed by atoms with Crippen molar-refractivity contribution in [2.45, 2.75) is 13.8 Å². The van der Waals surface area contributed by atoms with Gasteiger partial charge >= 0.3 is 0 Å². The van der Waals surface area contributed by atoms with Gasteiger partial charge in [0.2, 0.25) is 0 Å². The molecule has 144 valence electrons. The standard InChI is InChI=1S/C24H19FN2O2/c1-15-7-6-10-20(16(15)2)27-23(28)21(17-8-4-3-5-9-17)22(24(27)29)26-19-13-11-18(25)12-14-19/h3-14,26H,1-2H3. The summed E-state index contributed by atoms with van der Waals surface area (Å²) in [5, 5.41) is 3.03. The Bertz CT molecular complexity index is 1140. The summed E-state index contributed by atoms with van der Waals surface area (Å²) < 4.78 is 13.3. The van der Waals surface area contributed by atoms with Crippen LogP contribution < -0.4 is 10.2 Å². The molecule has 0 unspecified atom stereocenters. The van der Waals surface area contributed by atoms with Crippen LogP contribution in [0.5, 0.6) is 0 Å². The van der Waals surface area contributed by atoms with Gasteiger partial charge in [0.1, 0.15) is 11.5 Å². The lowest BCUT2D eigenvalue weighted by Crippen LogP contribution is -2.33. The summed E-state index contributed by atoms with van der Waals surface area (Å²) in [7, 11) is 0. The van der Waals surface area contributed by atoms with Crippen LogP contribution in [0.15, 0.2) is 78.5 Å². The molecule has 0 atom stereocenters. The summed E-state index contributed by atoms with van der Waals surface area (Å²) in [6.45, 7) is 3.83. The van der Waals surface area contributed by atoms with Crippen LogP contribution >= 0.6 is 0 Å². The number of rotatable bonds is 4. The molecule has 0 fully saturated rings. The van der Waals surface area contributed by atoms with Crippen LogP contribution in [0.1, 0.15) is 16.7 Å². The molecule has 1 aliphatic heterocycles. The number of carbonyl (C=O) groups is 2. The van der Waals surface area contributed by atoms with Gasteiger partial charge < -0.3 is 5.32 Å². The van der Waals surface area contributed by atoms with Gasteiger partial charge in [-0.25, -0.2) is 9.29 Å². The van der Waals surface area contributed by atoms with Crippen LogP contribution in [0.2, 0.25) is 0 Å². The molecule has 4 nitrogen and oxygen atoms in total. The van der Waals surface area contributed by atoms with Crippen molar-refractivity contribution in [3.05, 3.63) is 101 Å². The Labute approximate surface area is 168 Å². The van der Waals surface area contributed by atoms with Gasteiger partial charge in [-0.1, -0.05) is 42.5 Å². The zero-order valence-electron chi connectivity index (χ0n) is 16.1. The van der Waals surface area contributed by atoms with Crippen molar-refractivity contribution in [3.8, 4) is 0 Å². The maximum atomic E-state index is 13.4. The number of benzene rings is 3. The van der Waals surface area contributed by atoms with Gasteiger partial charge in [-0.05, 0) is 60.9 Å². The molecule has 1 heterocycles. The van der Waals surface area contributed by atoms with Gasteiger partial charge in [0.05, 0.1) is 11.3 Å². The average Bonchev–Trinajstić information content (AvgIpc) is 2.96. The first-order valence-electron chi connectivity index (χ1n) is 9.24. The Morgan fingerprint density at radius 1 is 0.793 bits per heavy atom. The Morgan fingerprint density at radius 3 is 2.17 bits per heavy atom. The van der Waals surface area contributed by atoms with E-state index in [-0.39, 0.29) is 17.4 Å². The zero-order valence-corrected chi connectivity index (χ0v) is 16.1. The summed E-state index contributed by atoms with van der Waals surface area (Å²) in [6, 6.07) is 20.3. The second-order valence-corrected chi connectivity index (χ2v) is 6.91. The van der Waals surface area contributed by atoms with E-state index >= 15 is 0 Å². The van der Waals surface area contributed by atoms with Crippen molar-refractivity contribution < 1.29 is 14.0 Å². The first kappa shape index (κ1) is 18.6. The van der Waals surface area contributed by atoms with Crippen LogP contribution in [0, 0.1) is 19.7 Å². The molecule has 3 aromatic rings. The molecule has 0 bridgehead atoms. The molecule has 3 aromatic carbocycles. The summed E-state index contributed by atoms with van der Waals surface area (Å²) in [4.78, 5) is 27.9. The monoisotopic (exact) mass is 386 g/mol. The average molecular weight is 386 g/mol. The molecule has 1 N–H and O–H groups in total. The van der Waals surface area contributed by atoms with Crippen molar-refractivity contribution in [2.24, 2.45) is 0 Å². The maximum absolute atomic E-state index is 13.4. The molecular weight excluding hydrogens is 367 g/mol. The summed E-state index contributed by atoms with van der Waals surface area (Å²) >= 11 is 0. The third kappa shape index (κ3) is 3.31. The fourth-order valence-electron chi connectivity index (χ4n) is 3.39. The first-order chi connectivity index (χ1) is 14.0. The van der Waals surface area contributed by atoms with Crippen molar-refractivity contribution in [2.75, 3.05) is 10.2 Å². The van der Waals surface area contributed by atoms with E-state index in [2.05, 4.69) is 5.32 Å². The van der Waals surface area contributed by atoms with Crippen LogP contribution in [0.4, 0.5) is 15.8 Å². The lowest BCUT2D eigenvalue weighted by atomic mass is 10.0. The number of nitrogens with zero attached hydrogens (tertiary/aromatic N) is 1. The molecule has 0 aliphatic carbocycles. The Balaban J connectivity index is 1.84. The number of amides is 2. The second kappa shape index (κ2) is 7.36. The highest BCUT2D eigenvalue weighted by atomic mass is 19.1. The number of nitrogens with one attached hydrogen (secondary N) is 1. The number of halogens is 1. The predicted octanol–water partition coefficient (Wildman–Crippen LogP) is 4.84. The molecule has 0 saturated heterocycles. The van der Waals surface area contributed by atoms with E-state index in [1.54, 1.807) is 18.2 Å². The van der Waals surface area contributed by atoms with Crippen LogP contribution in [0.25, 0.3) is 5.57 Å². The maximum Gasteiger partial charge on any atom is 0.282 e. The minimum atomic E-state index is -0.438. The number of aryl methyl sites for hydroxylation is 1. The van der Waals surface area contributed by atoms with Gasteiger partial charge in [-0.3, -0.25) is 9.59 Å². The highest BCUT2D eigenvalue weighted by Gasteiger charge is 2.40. The molecule has 5 heteroatoms. The molecule has 1 aliphatic rings. The van der Waals surface area contributed by atoms with E-state index in [0.717, 1.165) is 11.1 Å². The van der Waals surface area contributed by atoms with Gasteiger partial charge in [-0.15, -0.1) is 0 Å². The summed E-state index contributed by atoms with van der Waals surface area (Å²) in [6.07, 6.45) is 0. The van der Waals surface area contributed by atoms with Crippen molar-refractivity contribution in [1.82, 2.24) is 0 Å². The highest BCUT2D eigenvalue weighted by Crippen LogP contribution is 2.35. The van der Waals surface area contributed by atoms with Gasteiger partial charge in [0.25, 0.3) is 11.8 Å². The SMILES string of the molecule is Cc1cccc(N2C(=O)C(Nc3ccc(F)cc3)=C(c3ccccc3)C2=O)c1C. The Kier molecular flexibility index (Phi) is 4.72. The fourth-order valence-corrected chi connectivity index (χ4v) is 3.39. The molecule has 4 rings (SSSR count). The number of anilines is 2. The first-order valence-corrected chi connectivity index (χ1v) is 9.24. The second-order valence-electron chi connectivity index (χ2n) is 6.91. The van der Waals surface area contributed by atoms with E-state index in [1.165, 1.54) is 29.2 Å². The molecule has 0 aromatic heterocycles. The lowest BCUT2D eigenvalue weighted by Gasteiger charge is -2.19. The zero-order chi connectivity index (χ0) is 20.5. The van der Waals surface area contributed by atoms with E-state index in [0.29, 0.717) is 22.5 Å². The number of imide groups is 1. The highest BCUT2D eigenvalue weighted by molar-refractivity contribution is 6.46. The number of hydrogen-bond donors (Lipinski definition) is 1. The molecular formula is C24H19FN2O2. The summed E-state index contributed by atoms with van der Waals surface area (Å²) in [5.41, 5.74) is 4.05. The van der Waals surface area contributed by atoms with Gasteiger partial charge in [0.15, 0.2) is 0 Å². The third-order valence-corrected chi connectivity index (χ3v) is 5.08. The summed E-state index contributed by atoms with van der Waals surface area (Å²) in [5.74, 6) is -1.20. The van der Waals surface area contributed by atoms with Crippen molar-refractivity contribution in [3.63, 3.8) is 0 Å². The minimum absolute atomic E-state index is 0.175. The molecule has 29 heavy (non-hydrogen) atoms. The Morgan fingerprint density at radius 2 is 1.48 bits per heavy atom. The van der Waals surface area contributed by atoms with E-state index in [1.807, 2.05) is 44.2 Å². The van der Waals surface area contributed by atoms with Gasteiger partial charge in [-0.2, -0.15) is 0 Å². The normalized spacial score (nSPS) is 14.0. The quantitative estimate of drug-likeness (QED) is 0.653. The predicted molar refractivity (Wildman–Crippen MR) is 112 cm³/mol. The third-order valence-electron chi connectivity index (χ3n) is 5.08. The van der Waals surface area contributed by atoms with E-state index < -0.39 is 5.91 Å². The van der Waals surface area contributed by atoms with Gasteiger partial charge in [0, 0.05) is 5.69 Å². The van der Waals surface area contributed by atoms with Crippen LogP contribution in [-0.4, -0.2) is 11.8 Å². The van der Waals surface area contributed by atoms with Crippen molar-refractivity contribution in [1.29, 1.82) is 0 Å². The number of carbonyl (C=O) groups excluding carboxylic acids is 2. The topological polar surface area (TPSA) is 49.4 Å². The minimum Gasteiger partial charge on any atom is -0.350 e. The van der Waals surface area contributed by atoms with Crippen LogP contribution in [-0.2, 0) is 9.59 Å². The van der Waals surface area contributed by atoms with E-state index in [4.69, 9.17) is 0 Å². The van der Waals surface area contributed by atoms with Crippen molar-refractivity contribution >= 4 is 28.8 Å². The molecule has 2 amide bonds.